The Bertz CT molecular complexity index is 348. The Morgan fingerprint density at radius 1 is 1.16 bits per heavy atom. The molecule has 1 aliphatic rings. The molecule has 0 aromatic rings. The molecule has 2 atom stereocenters. The van der Waals surface area contributed by atoms with Crippen LogP contribution in [0.3, 0.4) is 0 Å². The van der Waals surface area contributed by atoms with Crippen molar-refractivity contribution in [1.29, 1.82) is 0 Å². The Balaban J connectivity index is 2.57. The van der Waals surface area contributed by atoms with Crippen LogP contribution in [0.4, 0.5) is 0 Å². The van der Waals surface area contributed by atoms with E-state index in [4.69, 9.17) is 0 Å². The number of aliphatic hydroxyl groups is 1. The highest BCUT2D eigenvalue weighted by Gasteiger charge is 2.24. The van der Waals surface area contributed by atoms with Crippen LogP contribution >= 0.6 is 0 Å². The first kappa shape index (κ1) is 16.9. The van der Waals surface area contributed by atoms with Crippen molar-refractivity contribution in [2.75, 3.05) is 25.1 Å². The number of hydrogen-bond donors (Lipinski definition) is 1. The largest absolute Gasteiger partial charge is 0.392 e. The van der Waals surface area contributed by atoms with Crippen molar-refractivity contribution in [2.24, 2.45) is 5.92 Å². The summed E-state index contributed by atoms with van der Waals surface area (Å²) in [4.78, 5) is 2.31. The molecule has 2 unspecified atom stereocenters. The Morgan fingerprint density at radius 3 is 2.21 bits per heavy atom. The van der Waals surface area contributed by atoms with E-state index in [1.165, 1.54) is 38.4 Å². The van der Waals surface area contributed by atoms with Gasteiger partial charge in [0.15, 0.2) is 0 Å². The normalized spacial score (nSPS) is 21.5. The van der Waals surface area contributed by atoms with E-state index in [1.807, 2.05) is 6.92 Å². The van der Waals surface area contributed by atoms with Crippen LogP contribution in [-0.2, 0) is 9.84 Å². The Kier molecular flexibility index (Phi) is 6.77. The van der Waals surface area contributed by atoms with Crippen LogP contribution < -0.4 is 0 Å². The zero-order valence-electron chi connectivity index (χ0n) is 12.5. The van der Waals surface area contributed by atoms with Crippen molar-refractivity contribution in [3.63, 3.8) is 0 Å². The molecule has 1 aliphatic carbocycles. The van der Waals surface area contributed by atoms with Crippen molar-refractivity contribution in [2.45, 2.75) is 58.1 Å². The minimum absolute atomic E-state index is 0.121. The predicted octanol–water partition coefficient (Wildman–Crippen LogP) is 1.68. The maximum absolute atomic E-state index is 11.4. The highest BCUT2D eigenvalue weighted by atomic mass is 32.2. The van der Waals surface area contributed by atoms with E-state index in [2.05, 4.69) is 4.90 Å². The molecule has 0 radical (unpaired) electrons. The van der Waals surface area contributed by atoms with E-state index in [9.17, 15) is 13.5 Å². The third kappa shape index (κ3) is 7.28. The van der Waals surface area contributed by atoms with Crippen LogP contribution in [0.5, 0.6) is 0 Å². The number of aliphatic hydroxyl groups excluding tert-OH is 1. The highest BCUT2D eigenvalue weighted by Crippen LogP contribution is 2.23. The number of nitrogens with zero attached hydrogens (tertiary/aromatic N) is 1. The summed E-state index contributed by atoms with van der Waals surface area (Å²) >= 11 is 0. The molecule has 0 aliphatic heterocycles. The fraction of sp³-hybridized carbons (Fsp3) is 1.00. The van der Waals surface area contributed by atoms with Gasteiger partial charge < -0.3 is 5.11 Å². The minimum atomic E-state index is -2.92. The van der Waals surface area contributed by atoms with Gasteiger partial charge in [-0.15, -0.1) is 0 Å². The van der Waals surface area contributed by atoms with E-state index >= 15 is 0 Å². The Labute approximate surface area is 118 Å². The van der Waals surface area contributed by atoms with Gasteiger partial charge in [0.2, 0.25) is 0 Å². The molecule has 19 heavy (non-hydrogen) atoms. The average molecular weight is 291 g/mol. The minimum Gasteiger partial charge on any atom is -0.392 e. The summed E-state index contributed by atoms with van der Waals surface area (Å²) in [5.41, 5.74) is 0. The van der Waals surface area contributed by atoms with Crippen LogP contribution in [0.15, 0.2) is 0 Å². The van der Waals surface area contributed by atoms with Crippen LogP contribution in [0, 0.1) is 5.92 Å². The number of hydrogen-bond acceptors (Lipinski definition) is 4. The van der Waals surface area contributed by atoms with Crippen molar-refractivity contribution in [1.82, 2.24) is 4.90 Å². The van der Waals surface area contributed by atoms with Crippen LogP contribution in [-0.4, -0.2) is 55.7 Å². The van der Waals surface area contributed by atoms with Gasteiger partial charge in [-0.3, -0.25) is 4.90 Å². The van der Waals surface area contributed by atoms with E-state index in [0.29, 0.717) is 12.6 Å². The van der Waals surface area contributed by atoms with E-state index in [1.54, 1.807) is 6.92 Å². The van der Waals surface area contributed by atoms with E-state index < -0.39 is 9.84 Å². The maximum Gasteiger partial charge on any atom is 0.147 e. The average Bonchev–Trinajstić information content (AvgIpc) is 2.26. The summed E-state index contributed by atoms with van der Waals surface area (Å²) in [5, 5.41) is 9.64. The summed E-state index contributed by atoms with van der Waals surface area (Å²) in [5.74, 6) is 0.353. The van der Waals surface area contributed by atoms with Crippen LogP contribution in [0.2, 0.25) is 0 Å². The summed E-state index contributed by atoms with van der Waals surface area (Å²) in [7, 11) is -2.92. The highest BCUT2D eigenvalue weighted by molar-refractivity contribution is 7.90. The Hall–Kier alpha value is -0.130. The zero-order valence-corrected chi connectivity index (χ0v) is 13.3. The second-order valence-corrected chi connectivity index (χ2v) is 8.48. The number of rotatable bonds is 7. The van der Waals surface area contributed by atoms with Crippen molar-refractivity contribution >= 4 is 9.84 Å². The van der Waals surface area contributed by atoms with Crippen molar-refractivity contribution in [3.05, 3.63) is 0 Å². The molecule has 4 nitrogen and oxygen atoms in total. The molecule has 5 heteroatoms. The lowest BCUT2D eigenvalue weighted by Crippen LogP contribution is -2.44. The molecule has 0 aromatic carbocycles. The molecule has 1 fully saturated rings. The fourth-order valence-corrected chi connectivity index (χ4v) is 4.27. The first-order valence-corrected chi connectivity index (χ1v) is 9.44. The third-order valence-corrected chi connectivity index (χ3v) is 4.90. The molecule has 0 saturated heterocycles. The molecule has 0 amide bonds. The first-order valence-electron chi connectivity index (χ1n) is 7.38. The Morgan fingerprint density at radius 2 is 1.74 bits per heavy atom. The number of sulfone groups is 1. The third-order valence-electron chi connectivity index (χ3n) is 3.72. The van der Waals surface area contributed by atoms with E-state index in [0.717, 1.165) is 6.54 Å². The molecule has 0 bridgehead atoms. The van der Waals surface area contributed by atoms with Crippen LogP contribution in [0.1, 0.15) is 46.0 Å². The van der Waals surface area contributed by atoms with Gasteiger partial charge in [0.25, 0.3) is 0 Å². The van der Waals surface area contributed by atoms with Gasteiger partial charge in [-0.05, 0) is 25.7 Å². The monoisotopic (exact) mass is 291 g/mol. The standard InChI is InChI=1S/C14H29NO3S/c1-12(11-19(3,17)18)9-15(10-13(2)16)14-7-5-4-6-8-14/h12-14,16H,4-11H2,1-3H3. The molecule has 0 aromatic heterocycles. The molecular weight excluding hydrogens is 262 g/mol. The second kappa shape index (κ2) is 7.60. The van der Waals surface area contributed by atoms with Gasteiger partial charge in [-0.1, -0.05) is 26.2 Å². The van der Waals surface area contributed by atoms with Crippen LogP contribution in [0.25, 0.3) is 0 Å². The maximum atomic E-state index is 11.4. The lowest BCUT2D eigenvalue weighted by molar-refractivity contribution is 0.0741. The lowest BCUT2D eigenvalue weighted by atomic mass is 9.93. The smallest absolute Gasteiger partial charge is 0.147 e. The zero-order chi connectivity index (χ0) is 14.5. The summed E-state index contributed by atoms with van der Waals surface area (Å²) in [6, 6.07) is 0.519. The fourth-order valence-electron chi connectivity index (χ4n) is 3.13. The quantitative estimate of drug-likeness (QED) is 0.775. The first-order chi connectivity index (χ1) is 8.78. The molecule has 0 heterocycles. The summed E-state index contributed by atoms with van der Waals surface area (Å²) < 4.78 is 22.7. The van der Waals surface area contributed by atoms with Gasteiger partial charge in [0.05, 0.1) is 11.9 Å². The molecular formula is C14H29NO3S. The molecule has 1 rings (SSSR count). The van der Waals surface area contributed by atoms with Gasteiger partial charge in [-0.25, -0.2) is 8.42 Å². The van der Waals surface area contributed by atoms with Gasteiger partial charge >= 0.3 is 0 Å². The van der Waals surface area contributed by atoms with Gasteiger partial charge in [0, 0.05) is 25.4 Å². The molecule has 114 valence electrons. The second-order valence-electron chi connectivity index (χ2n) is 6.29. The lowest BCUT2D eigenvalue weighted by Gasteiger charge is -2.36. The predicted molar refractivity (Wildman–Crippen MR) is 79.0 cm³/mol. The van der Waals surface area contributed by atoms with Crippen molar-refractivity contribution < 1.29 is 13.5 Å². The van der Waals surface area contributed by atoms with Gasteiger partial charge in [-0.2, -0.15) is 0 Å². The molecule has 1 N–H and O–H groups in total. The SMILES string of the molecule is CC(O)CN(CC(C)CS(C)(=O)=O)C1CCCCC1. The molecule has 1 saturated carbocycles. The molecule has 0 spiro atoms. The van der Waals surface area contributed by atoms with E-state index in [-0.39, 0.29) is 17.8 Å². The van der Waals surface area contributed by atoms with Crippen molar-refractivity contribution in [3.8, 4) is 0 Å². The van der Waals surface area contributed by atoms with Gasteiger partial charge in [0.1, 0.15) is 9.84 Å². The summed E-state index contributed by atoms with van der Waals surface area (Å²) in [6.45, 7) is 5.21. The summed E-state index contributed by atoms with van der Waals surface area (Å²) in [6.07, 6.45) is 7.10. The topological polar surface area (TPSA) is 57.6 Å².